The molecule has 1 aliphatic rings. The van der Waals surface area contributed by atoms with Crippen LogP contribution in [0.1, 0.15) is 24.0 Å². The van der Waals surface area contributed by atoms with E-state index in [9.17, 15) is 13.2 Å². The second-order valence-corrected chi connectivity index (χ2v) is 7.25. The summed E-state index contributed by atoms with van der Waals surface area (Å²) in [6, 6.07) is 10.1. The Hall–Kier alpha value is -2.45. The average Bonchev–Trinajstić information content (AvgIpc) is 3.16. The first kappa shape index (κ1) is 20.3. The smallest absolute Gasteiger partial charge is 0.416 e. The van der Waals surface area contributed by atoms with Gasteiger partial charge in [0, 0.05) is 28.4 Å². The van der Waals surface area contributed by atoms with Crippen LogP contribution in [0.2, 0.25) is 0 Å². The van der Waals surface area contributed by atoms with Crippen LogP contribution in [0.4, 0.5) is 13.2 Å². The molecule has 3 N–H and O–H groups in total. The van der Waals surface area contributed by atoms with Gasteiger partial charge in [-0.2, -0.15) is 13.2 Å². The van der Waals surface area contributed by atoms with E-state index in [4.69, 9.17) is 10.5 Å². The summed E-state index contributed by atoms with van der Waals surface area (Å²) >= 11 is 1.43. The van der Waals surface area contributed by atoms with Crippen molar-refractivity contribution in [1.29, 1.82) is 0 Å². The molecule has 0 unspecified atom stereocenters. The molecule has 0 fully saturated rings. The highest BCUT2D eigenvalue weighted by Crippen LogP contribution is 2.34. The van der Waals surface area contributed by atoms with Gasteiger partial charge >= 0.3 is 6.18 Å². The molecule has 2 aromatic carbocycles. The van der Waals surface area contributed by atoms with Crippen LogP contribution in [0.15, 0.2) is 58.4 Å². The highest BCUT2D eigenvalue weighted by Gasteiger charge is 2.30. The van der Waals surface area contributed by atoms with E-state index in [1.807, 2.05) is 25.3 Å². The normalized spacial score (nSPS) is 14.9. The van der Waals surface area contributed by atoms with Crippen molar-refractivity contribution in [2.45, 2.75) is 23.9 Å². The van der Waals surface area contributed by atoms with Crippen molar-refractivity contribution < 1.29 is 17.9 Å². The lowest BCUT2D eigenvalue weighted by Crippen LogP contribution is -2.05. The van der Waals surface area contributed by atoms with Gasteiger partial charge in [0.25, 0.3) is 0 Å². The largest absolute Gasteiger partial charge is 0.457 e. The molecule has 28 heavy (non-hydrogen) atoms. The molecule has 0 spiro atoms. The first-order valence-corrected chi connectivity index (χ1v) is 9.52. The van der Waals surface area contributed by atoms with Gasteiger partial charge in [0.2, 0.25) is 0 Å². The van der Waals surface area contributed by atoms with Gasteiger partial charge < -0.3 is 10.5 Å². The summed E-state index contributed by atoms with van der Waals surface area (Å²) in [6.45, 7) is 0.795. The Balaban J connectivity index is 1.91. The standard InChI is InChI=1S/C20H20F3N3OS/c1-25-28-16-8-9-19(17(12-16)18(24)11-14-3-2-10-26-14)27-15-6-4-13(5-7-15)20(21,22)23/h4-9,11-12,25H,2-3,10,24H2,1H3/b18-11-. The summed E-state index contributed by atoms with van der Waals surface area (Å²) in [7, 11) is 1.81. The van der Waals surface area contributed by atoms with E-state index >= 15 is 0 Å². The molecule has 0 saturated heterocycles. The third-order valence-corrected chi connectivity index (χ3v) is 4.81. The van der Waals surface area contributed by atoms with Crippen molar-refractivity contribution in [3.8, 4) is 11.5 Å². The summed E-state index contributed by atoms with van der Waals surface area (Å²) in [5.41, 5.74) is 7.67. The molecule has 8 heteroatoms. The third kappa shape index (κ3) is 5.08. The maximum atomic E-state index is 12.7. The third-order valence-electron chi connectivity index (χ3n) is 4.12. The monoisotopic (exact) mass is 407 g/mol. The van der Waals surface area contributed by atoms with E-state index in [2.05, 4.69) is 9.71 Å². The number of hydrogen-bond acceptors (Lipinski definition) is 5. The highest BCUT2D eigenvalue weighted by atomic mass is 32.2. The lowest BCUT2D eigenvalue weighted by molar-refractivity contribution is -0.137. The minimum atomic E-state index is -4.38. The van der Waals surface area contributed by atoms with Crippen molar-refractivity contribution >= 4 is 23.4 Å². The van der Waals surface area contributed by atoms with Crippen LogP contribution in [-0.4, -0.2) is 19.3 Å². The fourth-order valence-electron chi connectivity index (χ4n) is 2.78. The molecule has 3 rings (SSSR count). The molecular weight excluding hydrogens is 387 g/mol. The second kappa shape index (κ2) is 8.70. The number of nitrogens with two attached hydrogens (primary N) is 1. The number of hydrogen-bond donors (Lipinski definition) is 2. The zero-order valence-electron chi connectivity index (χ0n) is 15.2. The number of allylic oxidation sites excluding steroid dienone is 1. The predicted octanol–water partition coefficient (Wildman–Crippen LogP) is 5.26. The molecule has 0 aliphatic carbocycles. The summed E-state index contributed by atoms with van der Waals surface area (Å²) in [4.78, 5) is 5.33. The van der Waals surface area contributed by atoms with Gasteiger partial charge in [0.05, 0.1) is 5.56 Å². The van der Waals surface area contributed by atoms with E-state index in [0.29, 0.717) is 22.8 Å². The van der Waals surface area contributed by atoms with Crippen LogP contribution >= 0.6 is 11.9 Å². The number of alkyl halides is 3. The minimum absolute atomic E-state index is 0.300. The Morgan fingerprint density at radius 3 is 2.57 bits per heavy atom. The molecule has 0 amide bonds. The van der Waals surface area contributed by atoms with E-state index in [1.165, 1.54) is 24.1 Å². The van der Waals surface area contributed by atoms with Gasteiger partial charge in [-0.25, -0.2) is 0 Å². The Morgan fingerprint density at radius 1 is 1.21 bits per heavy atom. The van der Waals surface area contributed by atoms with E-state index in [0.717, 1.165) is 42.1 Å². The van der Waals surface area contributed by atoms with Gasteiger partial charge in [-0.3, -0.25) is 9.71 Å². The van der Waals surface area contributed by atoms with Crippen LogP contribution in [0.5, 0.6) is 11.5 Å². The number of aliphatic imine (C=N–C) groups is 1. The first-order valence-electron chi connectivity index (χ1n) is 8.70. The van der Waals surface area contributed by atoms with Crippen molar-refractivity contribution in [2.24, 2.45) is 10.7 Å². The zero-order valence-corrected chi connectivity index (χ0v) is 16.0. The molecule has 0 radical (unpaired) electrons. The maximum Gasteiger partial charge on any atom is 0.416 e. The SMILES string of the molecule is CNSc1ccc(Oc2ccc(C(F)(F)F)cc2)c(/C(N)=C/C2=NCCC2)c1. The van der Waals surface area contributed by atoms with Crippen molar-refractivity contribution in [3.05, 3.63) is 59.7 Å². The lowest BCUT2D eigenvalue weighted by Gasteiger charge is -2.14. The topological polar surface area (TPSA) is 59.6 Å². The van der Waals surface area contributed by atoms with Gasteiger partial charge in [-0.15, -0.1) is 0 Å². The van der Waals surface area contributed by atoms with Crippen LogP contribution in [0, 0.1) is 0 Å². The quantitative estimate of drug-likeness (QED) is 0.642. The summed E-state index contributed by atoms with van der Waals surface area (Å²) in [5, 5.41) is 0. The number of nitrogens with zero attached hydrogens (tertiary/aromatic N) is 1. The fraction of sp³-hybridized carbons (Fsp3) is 0.250. The van der Waals surface area contributed by atoms with Crippen LogP contribution < -0.4 is 15.2 Å². The van der Waals surface area contributed by atoms with E-state index in [1.54, 1.807) is 6.07 Å². The zero-order chi connectivity index (χ0) is 20.1. The number of rotatable bonds is 6. The molecule has 0 atom stereocenters. The van der Waals surface area contributed by atoms with Crippen LogP contribution in [-0.2, 0) is 6.18 Å². The Labute approximate surface area is 165 Å². The summed E-state index contributed by atoms with van der Waals surface area (Å²) in [6.07, 6.45) is -0.676. The van der Waals surface area contributed by atoms with E-state index in [-0.39, 0.29) is 0 Å². The molecule has 0 bridgehead atoms. The maximum absolute atomic E-state index is 12.7. The van der Waals surface area contributed by atoms with Gasteiger partial charge in [0.15, 0.2) is 0 Å². The molecule has 0 aromatic heterocycles. The highest BCUT2D eigenvalue weighted by molar-refractivity contribution is 7.97. The van der Waals surface area contributed by atoms with Gasteiger partial charge in [0.1, 0.15) is 11.5 Å². The van der Waals surface area contributed by atoms with Gasteiger partial charge in [-0.05, 0) is 80.4 Å². The van der Waals surface area contributed by atoms with Crippen LogP contribution in [0.25, 0.3) is 5.70 Å². The van der Waals surface area contributed by atoms with Crippen LogP contribution in [0.3, 0.4) is 0 Å². The molecule has 148 valence electrons. The molecule has 1 aliphatic heterocycles. The molecule has 0 saturated carbocycles. The minimum Gasteiger partial charge on any atom is -0.457 e. The fourth-order valence-corrected chi connectivity index (χ4v) is 3.33. The Kier molecular flexibility index (Phi) is 6.31. The molecule has 4 nitrogen and oxygen atoms in total. The second-order valence-electron chi connectivity index (χ2n) is 6.16. The average molecular weight is 407 g/mol. The predicted molar refractivity (Wildman–Crippen MR) is 107 cm³/mol. The summed E-state index contributed by atoms with van der Waals surface area (Å²) in [5.74, 6) is 0.766. The molecular formula is C20H20F3N3OS. The number of ether oxygens (including phenoxy) is 1. The first-order chi connectivity index (χ1) is 13.4. The van der Waals surface area contributed by atoms with Crippen molar-refractivity contribution in [1.82, 2.24) is 4.72 Å². The lowest BCUT2D eigenvalue weighted by atomic mass is 10.1. The number of nitrogens with one attached hydrogen (secondary N) is 1. The van der Waals surface area contributed by atoms with Crippen molar-refractivity contribution in [2.75, 3.05) is 13.6 Å². The number of halogens is 3. The van der Waals surface area contributed by atoms with E-state index < -0.39 is 11.7 Å². The molecule has 1 heterocycles. The number of benzene rings is 2. The summed E-state index contributed by atoms with van der Waals surface area (Å²) < 4.78 is 47.1. The van der Waals surface area contributed by atoms with Gasteiger partial charge in [-0.1, -0.05) is 0 Å². The molecule has 2 aromatic rings. The Morgan fingerprint density at radius 2 is 1.96 bits per heavy atom. The Bertz CT molecular complexity index is 893. The van der Waals surface area contributed by atoms with Crippen molar-refractivity contribution in [3.63, 3.8) is 0 Å².